The maximum atomic E-state index is 10.8. The second kappa shape index (κ2) is 2.91. The van der Waals surface area contributed by atoms with Gasteiger partial charge in [-0.3, -0.25) is 0 Å². The number of nitrogens with zero attached hydrogens (tertiary/aromatic N) is 3. The summed E-state index contributed by atoms with van der Waals surface area (Å²) in [4.78, 5) is 14.3. The summed E-state index contributed by atoms with van der Waals surface area (Å²) in [6, 6.07) is 0. The molecule has 6 heteroatoms. The molecule has 0 aliphatic rings. The quantitative estimate of drug-likeness (QED) is 0.534. The number of anilines is 1. The molecule has 0 saturated heterocycles. The van der Waals surface area contributed by atoms with Crippen LogP contribution in [-0.2, 0) is 4.74 Å². The number of esters is 1. The van der Waals surface area contributed by atoms with E-state index in [0.29, 0.717) is 0 Å². The molecule has 0 aliphatic carbocycles. The monoisotopic (exact) mass is 154 g/mol. The largest absolute Gasteiger partial charge is 0.464 e. The third-order valence-electron chi connectivity index (χ3n) is 0.970. The van der Waals surface area contributed by atoms with Crippen molar-refractivity contribution in [1.29, 1.82) is 0 Å². The van der Waals surface area contributed by atoms with E-state index in [0.717, 1.165) is 0 Å². The zero-order valence-corrected chi connectivity index (χ0v) is 5.81. The van der Waals surface area contributed by atoms with Gasteiger partial charge < -0.3 is 10.5 Å². The predicted octanol–water partition coefficient (Wildman–Crippen LogP) is -0.760. The number of hydrogen-bond acceptors (Lipinski definition) is 6. The van der Waals surface area contributed by atoms with Crippen LogP contribution in [0.4, 0.5) is 5.95 Å². The van der Waals surface area contributed by atoms with Crippen LogP contribution in [-0.4, -0.2) is 28.3 Å². The van der Waals surface area contributed by atoms with Gasteiger partial charge in [-0.15, -0.1) is 5.10 Å². The molecule has 2 N–H and O–H groups in total. The number of carbonyl (C=O) groups is 1. The highest BCUT2D eigenvalue weighted by molar-refractivity contribution is 5.86. The van der Waals surface area contributed by atoms with Gasteiger partial charge in [0.15, 0.2) is 5.69 Å². The van der Waals surface area contributed by atoms with Crippen LogP contribution in [0.25, 0.3) is 0 Å². The fourth-order valence-corrected chi connectivity index (χ4v) is 0.520. The fraction of sp³-hybridized carbons (Fsp3) is 0.200. The van der Waals surface area contributed by atoms with Gasteiger partial charge in [0.1, 0.15) is 0 Å². The Labute approximate surface area is 62.4 Å². The summed E-state index contributed by atoms with van der Waals surface area (Å²) < 4.78 is 4.37. The highest BCUT2D eigenvalue weighted by Crippen LogP contribution is 1.94. The summed E-state index contributed by atoms with van der Waals surface area (Å²) in [5.74, 6) is -0.625. The molecule has 58 valence electrons. The SMILES string of the molecule is COC(=O)c1cnnc(N)n1. The summed E-state index contributed by atoms with van der Waals surface area (Å²) in [7, 11) is 1.25. The van der Waals surface area contributed by atoms with Gasteiger partial charge in [-0.05, 0) is 0 Å². The van der Waals surface area contributed by atoms with Gasteiger partial charge in [-0.1, -0.05) is 0 Å². The predicted molar refractivity (Wildman–Crippen MR) is 35.6 cm³/mol. The van der Waals surface area contributed by atoms with E-state index in [1.807, 2.05) is 0 Å². The van der Waals surface area contributed by atoms with Gasteiger partial charge in [0.25, 0.3) is 0 Å². The van der Waals surface area contributed by atoms with Crippen LogP contribution >= 0.6 is 0 Å². The van der Waals surface area contributed by atoms with Crippen LogP contribution in [0.3, 0.4) is 0 Å². The summed E-state index contributed by atoms with van der Waals surface area (Å²) in [5, 5.41) is 6.78. The van der Waals surface area contributed by atoms with Crippen LogP contribution in [0.5, 0.6) is 0 Å². The number of nitrogens with two attached hydrogens (primary N) is 1. The van der Waals surface area contributed by atoms with Crippen LogP contribution in [0.15, 0.2) is 6.20 Å². The molecule has 1 rings (SSSR count). The maximum Gasteiger partial charge on any atom is 0.358 e. The Morgan fingerprint density at radius 3 is 3.00 bits per heavy atom. The molecule has 0 aliphatic heterocycles. The number of nitrogen functional groups attached to an aromatic ring is 1. The van der Waals surface area contributed by atoms with Gasteiger partial charge in [0, 0.05) is 0 Å². The normalized spacial score (nSPS) is 9.18. The molecule has 1 aromatic heterocycles. The molecule has 0 atom stereocenters. The van der Waals surface area contributed by atoms with Gasteiger partial charge in [0.2, 0.25) is 5.95 Å². The van der Waals surface area contributed by atoms with E-state index in [-0.39, 0.29) is 11.6 Å². The molecule has 0 bridgehead atoms. The van der Waals surface area contributed by atoms with Gasteiger partial charge in [-0.2, -0.15) is 5.10 Å². The van der Waals surface area contributed by atoms with E-state index in [2.05, 4.69) is 19.9 Å². The summed E-state index contributed by atoms with van der Waals surface area (Å²) >= 11 is 0. The maximum absolute atomic E-state index is 10.8. The van der Waals surface area contributed by atoms with Gasteiger partial charge in [-0.25, -0.2) is 9.78 Å². The molecule has 0 spiro atoms. The average Bonchev–Trinajstić information content (AvgIpc) is 2.03. The summed E-state index contributed by atoms with van der Waals surface area (Å²) in [6.45, 7) is 0. The topological polar surface area (TPSA) is 91.0 Å². The zero-order chi connectivity index (χ0) is 8.27. The molecule has 1 aromatic rings. The van der Waals surface area contributed by atoms with Crippen LogP contribution in [0.2, 0.25) is 0 Å². The van der Waals surface area contributed by atoms with E-state index in [1.54, 1.807) is 0 Å². The number of methoxy groups -OCH3 is 1. The first-order valence-electron chi connectivity index (χ1n) is 2.77. The van der Waals surface area contributed by atoms with Crippen molar-refractivity contribution in [2.45, 2.75) is 0 Å². The molecule has 0 amide bonds. The highest BCUT2D eigenvalue weighted by atomic mass is 16.5. The van der Waals surface area contributed by atoms with Crippen LogP contribution in [0.1, 0.15) is 10.5 Å². The molecule has 1 heterocycles. The Morgan fingerprint density at radius 1 is 1.73 bits per heavy atom. The minimum Gasteiger partial charge on any atom is -0.464 e. The van der Waals surface area contributed by atoms with Crippen molar-refractivity contribution < 1.29 is 9.53 Å². The molecule has 0 unspecified atom stereocenters. The lowest BCUT2D eigenvalue weighted by atomic mass is 10.5. The number of carbonyl (C=O) groups excluding carboxylic acids is 1. The summed E-state index contributed by atoms with van der Waals surface area (Å²) in [5.41, 5.74) is 5.21. The van der Waals surface area contributed by atoms with Crippen molar-refractivity contribution in [3.63, 3.8) is 0 Å². The highest BCUT2D eigenvalue weighted by Gasteiger charge is 2.07. The minimum atomic E-state index is -0.577. The van der Waals surface area contributed by atoms with Crippen LogP contribution in [0, 0.1) is 0 Å². The van der Waals surface area contributed by atoms with Crippen molar-refractivity contribution in [2.24, 2.45) is 0 Å². The van der Waals surface area contributed by atoms with Crippen molar-refractivity contribution in [2.75, 3.05) is 12.8 Å². The van der Waals surface area contributed by atoms with E-state index >= 15 is 0 Å². The average molecular weight is 154 g/mol. The Balaban J connectivity index is 2.96. The minimum absolute atomic E-state index is 0.0482. The molecule has 0 saturated carbocycles. The zero-order valence-electron chi connectivity index (χ0n) is 5.81. The smallest absolute Gasteiger partial charge is 0.358 e. The fourth-order valence-electron chi connectivity index (χ4n) is 0.520. The first-order valence-corrected chi connectivity index (χ1v) is 2.77. The lowest BCUT2D eigenvalue weighted by Crippen LogP contribution is -2.08. The Hall–Kier alpha value is -1.72. The lowest BCUT2D eigenvalue weighted by molar-refractivity contribution is 0.0593. The Morgan fingerprint density at radius 2 is 2.45 bits per heavy atom. The van der Waals surface area contributed by atoms with E-state index < -0.39 is 5.97 Å². The van der Waals surface area contributed by atoms with Crippen molar-refractivity contribution in [3.05, 3.63) is 11.9 Å². The lowest BCUT2D eigenvalue weighted by Gasteiger charge is -1.95. The Kier molecular flexibility index (Phi) is 1.95. The number of hydrogen-bond donors (Lipinski definition) is 1. The molecular formula is C5H6N4O2. The van der Waals surface area contributed by atoms with E-state index in [9.17, 15) is 4.79 Å². The van der Waals surface area contributed by atoms with Crippen molar-refractivity contribution in [1.82, 2.24) is 15.2 Å². The first-order chi connectivity index (χ1) is 5.24. The van der Waals surface area contributed by atoms with Crippen LogP contribution < -0.4 is 5.73 Å². The third-order valence-corrected chi connectivity index (χ3v) is 0.970. The second-order valence-corrected chi connectivity index (χ2v) is 1.69. The van der Waals surface area contributed by atoms with Gasteiger partial charge in [0.05, 0.1) is 13.3 Å². The van der Waals surface area contributed by atoms with E-state index in [1.165, 1.54) is 13.3 Å². The molecule has 0 radical (unpaired) electrons. The van der Waals surface area contributed by atoms with Crippen molar-refractivity contribution >= 4 is 11.9 Å². The third kappa shape index (κ3) is 1.60. The molecule has 6 nitrogen and oxygen atoms in total. The summed E-state index contributed by atoms with van der Waals surface area (Å²) in [6.07, 6.45) is 1.18. The molecule has 0 fully saturated rings. The van der Waals surface area contributed by atoms with Gasteiger partial charge >= 0.3 is 5.97 Å². The number of ether oxygens (including phenoxy) is 1. The number of rotatable bonds is 1. The Bertz CT molecular complexity index is 275. The molecule has 11 heavy (non-hydrogen) atoms. The van der Waals surface area contributed by atoms with E-state index in [4.69, 9.17) is 5.73 Å². The molecular weight excluding hydrogens is 148 g/mol. The second-order valence-electron chi connectivity index (χ2n) is 1.69. The van der Waals surface area contributed by atoms with Crippen molar-refractivity contribution in [3.8, 4) is 0 Å². The standard InChI is InChI=1S/C5H6N4O2/c1-11-4(10)3-2-7-9-5(6)8-3/h2H,1H3,(H2,6,8,9). The number of aromatic nitrogens is 3. The first kappa shape index (κ1) is 7.39. The molecule has 0 aromatic carbocycles.